The van der Waals surface area contributed by atoms with Gasteiger partial charge in [-0.3, -0.25) is 4.79 Å². The van der Waals surface area contributed by atoms with E-state index in [0.29, 0.717) is 17.8 Å². The van der Waals surface area contributed by atoms with Crippen molar-refractivity contribution in [2.24, 2.45) is 0 Å². The van der Waals surface area contributed by atoms with E-state index in [1.165, 1.54) is 11.1 Å². The van der Waals surface area contributed by atoms with Gasteiger partial charge in [-0.25, -0.2) is 13.4 Å². The van der Waals surface area contributed by atoms with Gasteiger partial charge in [0.25, 0.3) is 5.91 Å². The summed E-state index contributed by atoms with van der Waals surface area (Å²) in [5.41, 5.74) is 0.509. The Morgan fingerprint density at radius 2 is 2.16 bits per heavy atom. The van der Waals surface area contributed by atoms with Gasteiger partial charge in [-0.2, -0.15) is 0 Å². The molecule has 0 spiro atoms. The minimum absolute atomic E-state index is 0.0899. The number of sulfone groups is 1. The van der Waals surface area contributed by atoms with E-state index in [9.17, 15) is 13.2 Å². The second-order valence-electron chi connectivity index (χ2n) is 4.88. The first-order valence-electron chi connectivity index (χ1n) is 6.02. The van der Waals surface area contributed by atoms with Crippen molar-refractivity contribution in [2.45, 2.75) is 12.5 Å². The topological polar surface area (TPSA) is 79.4 Å². The molecule has 1 aromatic heterocycles. The first-order chi connectivity index (χ1) is 8.87. The first-order valence-corrected chi connectivity index (χ1v) is 7.84. The third-order valence-electron chi connectivity index (χ3n) is 3.00. The number of amides is 1. The van der Waals surface area contributed by atoms with Crippen molar-refractivity contribution in [1.82, 2.24) is 9.88 Å². The highest BCUT2D eigenvalue weighted by molar-refractivity contribution is 7.91. The van der Waals surface area contributed by atoms with Crippen LogP contribution in [0.2, 0.25) is 0 Å². The van der Waals surface area contributed by atoms with Crippen LogP contribution in [-0.2, 0) is 9.84 Å². The molecule has 2 heterocycles. The Balaban J connectivity index is 2.02. The summed E-state index contributed by atoms with van der Waals surface area (Å²) in [5.74, 6) is 0.856. The van der Waals surface area contributed by atoms with E-state index in [2.05, 4.69) is 10.3 Å². The van der Waals surface area contributed by atoms with Gasteiger partial charge in [0.05, 0.1) is 17.1 Å². The molecule has 6 nitrogen and oxygen atoms in total. The molecule has 7 heteroatoms. The lowest BCUT2D eigenvalue weighted by atomic mass is 10.2. The summed E-state index contributed by atoms with van der Waals surface area (Å²) >= 11 is 0. The van der Waals surface area contributed by atoms with Gasteiger partial charge >= 0.3 is 0 Å². The molecule has 1 aliphatic rings. The van der Waals surface area contributed by atoms with Crippen LogP contribution in [0.1, 0.15) is 16.8 Å². The Morgan fingerprint density at radius 1 is 1.42 bits per heavy atom. The van der Waals surface area contributed by atoms with E-state index in [-0.39, 0.29) is 23.5 Å². The van der Waals surface area contributed by atoms with E-state index >= 15 is 0 Å². The van der Waals surface area contributed by atoms with Crippen LogP contribution < -0.4 is 5.32 Å². The lowest BCUT2D eigenvalue weighted by Crippen LogP contribution is -2.23. The smallest absolute Gasteiger partial charge is 0.254 e. The largest absolute Gasteiger partial charge is 0.366 e. The highest BCUT2D eigenvalue weighted by Gasteiger charge is 2.27. The van der Waals surface area contributed by atoms with Gasteiger partial charge in [0.15, 0.2) is 9.84 Å². The minimum Gasteiger partial charge on any atom is -0.366 e. The molecule has 1 N–H and O–H groups in total. The molecule has 19 heavy (non-hydrogen) atoms. The zero-order valence-corrected chi connectivity index (χ0v) is 11.8. The summed E-state index contributed by atoms with van der Waals surface area (Å²) in [4.78, 5) is 17.3. The van der Waals surface area contributed by atoms with E-state index in [1.54, 1.807) is 26.2 Å². The maximum atomic E-state index is 11.7. The number of pyridine rings is 1. The van der Waals surface area contributed by atoms with Crippen LogP contribution in [0.5, 0.6) is 0 Å². The van der Waals surface area contributed by atoms with Gasteiger partial charge in [-0.1, -0.05) is 0 Å². The number of rotatable bonds is 3. The van der Waals surface area contributed by atoms with Crippen molar-refractivity contribution >= 4 is 21.6 Å². The van der Waals surface area contributed by atoms with Gasteiger partial charge in [0.2, 0.25) is 0 Å². The second kappa shape index (κ2) is 5.16. The van der Waals surface area contributed by atoms with Gasteiger partial charge < -0.3 is 10.2 Å². The molecular weight excluding hydrogens is 266 g/mol. The number of aromatic nitrogens is 1. The van der Waals surface area contributed by atoms with Crippen molar-refractivity contribution in [3.05, 3.63) is 23.9 Å². The molecule has 0 bridgehead atoms. The molecule has 1 aliphatic heterocycles. The molecule has 1 amide bonds. The Hall–Kier alpha value is -1.63. The average Bonchev–Trinajstić information content (AvgIpc) is 2.68. The standard InChI is InChI=1S/C12H17N3O3S/c1-15(2)12(16)9-3-4-11(13-7-9)14-10-5-6-19(17,18)8-10/h3-4,7,10H,5-6,8H2,1-2H3,(H,13,14). The zero-order chi connectivity index (χ0) is 14.0. The van der Waals surface area contributed by atoms with E-state index in [0.717, 1.165) is 0 Å². The fraction of sp³-hybridized carbons (Fsp3) is 0.500. The van der Waals surface area contributed by atoms with Crippen LogP contribution in [0.15, 0.2) is 18.3 Å². The Bertz CT molecular complexity index is 566. The predicted octanol–water partition coefficient (Wildman–Crippen LogP) is 0.382. The van der Waals surface area contributed by atoms with Crippen molar-refractivity contribution < 1.29 is 13.2 Å². The van der Waals surface area contributed by atoms with Crippen molar-refractivity contribution in [3.8, 4) is 0 Å². The van der Waals surface area contributed by atoms with E-state index in [1.807, 2.05) is 0 Å². The average molecular weight is 283 g/mol. The molecule has 1 saturated heterocycles. The highest BCUT2D eigenvalue weighted by Crippen LogP contribution is 2.16. The number of nitrogens with one attached hydrogen (secondary N) is 1. The van der Waals surface area contributed by atoms with E-state index < -0.39 is 9.84 Å². The maximum Gasteiger partial charge on any atom is 0.254 e. The molecule has 1 unspecified atom stereocenters. The molecule has 2 rings (SSSR count). The Labute approximate surface area is 112 Å². The lowest BCUT2D eigenvalue weighted by Gasteiger charge is -2.13. The molecular formula is C12H17N3O3S. The van der Waals surface area contributed by atoms with Crippen molar-refractivity contribution in [2.75, 3.05) is 30.9 Å². The zero-order valence-electron chi connectivity index (χ0n) is 11.0. The number of hydrogen-bond donors (Lipinski definition) is 1. The summed E-state index contributed by atoms with van der Waals surface area (Å²) in [6.45, 7) is 0. The maximum absolute atomic E-state index is 11.7. The van der Waals surface area contributed by atoms with Crippen LogP contribution in [0, 0.1) is 0 Å². The van der Waals surface area contributed by atoms with Crippen LogP contribution in [0.3, 0.4) is 0 Å². The molecule has 0 saturated carbocycles. The van der Waals surface area contributed by atoms with Gasteiger partial charge in [0.1, 0.15) is 5.82 Å². The number of carbonyl (C=O) groups is 1. The predicted molar refractivity (Wildman–Crippen MR) is 72.9 cm³/mol. The quantitative estimate of drug-likeness (QED) is 0.867. The fourth-order valence-corrected chi connectivity index (χ4v) is 3.66. The van der Waals surface area contributed by atoms with Crippen LogP contribution in [-0.4, -0.2) is 55.9 Å². The van der Waals surface area contributed by atoms with Crippen molar-refractivity contribution in [3.63, 3.8) is 0 Å². The van der Waals surface area contributed by atoms with Gasteiger partial charge in [-0.15, -0.1) is 0 Å². The van der Waals surface area contributed by atoms with Gasteiger partial charge in [0, 0.05) is 26.3 Å². The molecule has 0 aliphatic carbocycles. The SMILES string of the molecule is CN(C)C(=O)c1ccc(NC2CCS(=O)(=O)C2)nc1. The molecule has 1 atom stereocenters. The Kier molecular flexibility index (Phi) is 3.75. The van der Waals surface area contributed by atoms with Crippen LogP contribution >= 0.6 is 0 Å². The molecule has 104 valence electrons. The number of carbonyl (C=O) groups excluding carboxylic acids is 1. The third-order valence-corrected chi connectivity index (χ3v) is 4.77. The number of hydrogen-bond acceptors (Lipinski definition) is 5. The molecule has 0 aromatic carbocycles. The fourth-order valence-electron chi connectivity index (χ4n) is 1.98. The molecule has 0 radical (unpaired) electrons. The summed E-state index contributed by atoms with van der Waals surface area (Å²) in [5, 5.41) is 3.08. The van der Waals surface area contributed by atoms with Gasteiger partial charge in [-0.05, 0) is 18.6 Å². The van der Waals surface area contributed by atoms with Crippen molar-refractivity contribution in [1.29, 1.82) is 0 Å². The summed E-state index contributed by atoms with van der Waals surface area (Å²) in [6.07, 6.45) is 2.09. The number of nitrogens with zero attached hydrogens (tertiary/aromatic N) is 2. The Morgan fingerprint density at radius 3 is 2.63 bits per heavy atom. The lowest BCUT2D eigenvalue weighted by molar-refractivity contribution is 0.0827. The minimum atomic E-state index is -2.90. The molecule has 1 aromatic rings. The van der Waals surface area contributed by atoms with E-state index in [4.69, 9.17) is 0 Å². The monoisotopic (exact) mass is 283 g/mol. The molecule has 1 fully saturated rings. The van der Waals surface area contributed by atoms with Crippen LogP contribution in [0.4, 0.5) is 5.82 Å². The van der Waals surface area contributed by atoms with Crippen LogP contribution in [0.25, 0.3) is 0 Å². The third kappa shape index (κ3) is 3.44. The normalized spacial score (nSPS) is 21.1. The highest BCUT2D eigenvalue weighted by atomic mass is 32.2. The number of anilines is 1. The second-order valence-corrected chi connectivity index (χ2v) is 7.10. The summed E-state index contributed by atoms with van der Waals surface area (Å²) in [7, 11) is 0.457. The summed E-state index contributed by atoms with van der Waals surface area (Å²) < 4.78 is 22.7. The summed E-state index contributed by atoms with van der Waals surface area (Å²) in [6, 6.07) is 3.29. The first kappa shape index (κ1) is 13.8.